The lowest BCUT2D eigenvalue weighted by Crippen LogP contribution is -2.24. The third kappa shape index (κ3) is 2.58. The molecule has 2 nitrogen and oxygen atoms in total. The Balaban J connectivity index is 2.12. The first-order valence-electron chi connectivity index (χ1n) is 5.65. The standard InChI is InChI=1S/C12H17BrN2/c13-12-10(7-4-8-15-12)11(14)9-5-2-1-3-6-9/h4,7-9,11H,1-3,5-6,14H2/t11-/m1/s1. The first-order valence-corrected chi connectivity index (χ1v) is 6.44. The fraction of sp³-hybridized carbons (Fsp3) is 0.583. The van der Waals surface area contributed by atoms with Crippen LogP contribution in [0.4, 0.5) is 0 Å². The van der Waals surface area contributed by atoms with Crippen molar-refractivity contribution in [3.63, 3.8) is 0 Å². The predicted octanol–water partition coefficient (Wildman–Crippen LogP) is 3.42. The highest BCUT2D eigenvalue weighted by Crippen LogP contribution is 2.34. The van der Waals surface area contributed by atoms with E-state index in [-0.39, 0.29) is 6.04 Å². The fourth-order valence-electron chi connectivity index (χ4n) is 2.39. The third-order valence-corrected chi connectivity index (χ3v) is 3.97. The Hall–Kier alpha value is -0.410. The summed E-state index contributed by atoms with van der Waals surface area (Å²) < 4.78 is 0.906. The van der Waals surface area contributed by atoms with Gasteiger partial charge in [-0.15, -0.1) is 0 Å². The molecule has 0 saturated heterocycles. The smallest absolute Gasteiger partial charge is 0.110 e. The van der Waals surface area contributed by atoms with Gasteiger partial charge in [-0.3, -0.25) is 0 Å². The largest absolute Gasteiger partial charge is 0.324 e. The maximum atomic E-state index is 6.30. The molecule has 0 aliphatic heterocycles. The minimum Gasteiger partial charge on any atom is -0.324 e. The van der Waals surface area contributed by atoms with Crippen LogP contribution in [-0.4, -0.2) is 4.98 Å². The highest BCUT2D eigenvalue weighted by molar-refractivity contribution is 9.10. The molecule has 0 radical (unpaired) electrons. The molecule has 0 amide bonds. The third-order valence-electron chi connectivity index (χ3n) is 3.30. The average molecular weight is 269 g/mol. The summed E-state index contributed by atoms with van der Waals surface area (Å²) in [5, 5.41) is 0. The van der Waals surface area contributed by atoms with Crippen LogP contribution in [0.2, 0.25) is 0 Å². The topological polar surface area (TPSA) is 38.9 Å². The van der Waals surface area contributed by atoms with Crippen LogP contribution >= 0.6 is 15.9 Å². The average Bonchev–Trinajstić information content (AvgIpc) is 2.30. The first kappa shape index (κ1) is 11.1. The molecule has 82 valence electrons. The molecule has 1 aliphatic rings. The van der Waals surface area contributed by atoms with Crippen molar-refractivity contribution in [3.8, 4) is 0 Å². The molecule has 15 heavy (non-hydrogen) atoms. The molecule has 0 unspecified atom stereocenters. The summed E-state index contributed by atoms with van der Waals surface area (Å²) in [5.41, 5.74) is 7.46. The molecule has 0 aromatic carbocycles. The summed E-state index contributed by atoms with van der Waals surface area (Å²) in [4.78, 5) is 4.23. The molecular formula is C12H17BrN2. The van der Waals surface area contributed by atoms with Crippen molar-refractivity contribution in [1.82, 2.24) is 4.98 Å². The van der Waals surface area contributed by atoms with E-state index in [9.17, 15) is 0 Å². The van der Waals surface area contributed by atoms with Gasteiger partial charge < -0.3 is 5.73 Å². The van der Waals surface area contributed by atoms with Gasteiger partial charge in [0.2, 0.25) is 0 Å². The van der Waals surface area contributed by atoms with Crippen molar-refractivity contribution in [2.24, 2.45) is 11.7 Å². The van der Waals surface area contributed by atoms with Crippen molar-refractivity contribution in [2.75, 3.05) is 0 Å². The van der Waals surface area contributed by atoms with Crippen LogP contribution in [0, 0.1) is 5.92 Å². The van der Waals surface area contributed by atoms with Crippen LogP contribution in [0.25, 0.3) is 0 Å². The molecular weight excluding hydrogens is 252 g/mol. The number of rotatable bonds is 2. The zero-order chi connectivity index (χ0) is 10.7. The highest BCUT2D eigenvalue weighted by Gasteiger charge is 2.23. The van der Waals surface area contributed by atoms with Gasteiger partial charge in [0.15, 0.2) is 0 Å². The molecule has 1 aromatic heterocycles. The van der Waals surface area contributed by atoms with Crippen LogP contribution in [0.15, 0.2) is 22.9 Å². The van der Waals surface area contributed by atoms with E-state index in [1.807, 2.05) is 6.07 Å². The Morgan fingerprint density at radius 3 is 2.73 bits per heavy atom. The normalized spacial score (nSPS) is 20.1. The summed E-state index contributed by atoms with van der Waals surface area (Å²) in [6.45, 7) is 0. The number of pyridine rings is 1. The van der Waals surface area contributed by atoms with Gasteiger partial charge in [0.05, 0.1) is 0 Å². The van der Waals surface area contributed by atoms with Crippen molar-refractivity contribution in [2.45, 2.75) is 38.1 Å². The van der Waals surface area contributed by atoms with E-state index in [0.29, 0.717) is 5.92 Å². The molecule has 1 aromatic rings. The SMILES string of the molecule is N[C@@H](c1cccnc1Br)C1CCCCC1. The minimum absolute atomic E-state index is 0.147. The van der Waals surface area contributed by atoms with Crippen LogP contribution in [0.5, 0.6) is 0 Å². The van der Waals surface area contributed by atoms with Gasteiger partial charge in [0.1, 0.15) is 4.60 Å². The minimum atomic E-state index is 0.147. The molecule has 1 saturated carbocycles. The number of nitrogens with two attached hydrogens (primary N) is 1. The lowest BCUT2D eigenvalue weighted by atomic mass is 9.82. The molecule has 1 fully saturated rings. The van der Waals surface area contributed by atoms with E-state index in [1.165, 1.54) is 32.1 Å². The Bertz CT molecular complexity index is 321. The van der Waals surface area contributed by atoms with Crippen molar-refractivity contribution < 1.29 is 0 Å². The molecule has 1 heterocycles. The summed E-state index contributed by atoms with van der Waals surface area (Å²) in [6.07, 6.45) is 8.36. The van der Waals surface area contributed by atoms with Gasteiger partial charge in [-0.25, -0.2) is 4.98 Å². The molecule has 1 aliphatic carbocycles. The second-order valence-corrected chi connectivity index (χ2v) is 5.06. The molecule has 2 N–H and O–H groups in total. The van der Waals surface area contributed by atoms with Gasteiger partial charge in [-0.1, -0.05) is 25.3 Å². The van der Waals surface area contributed by atoms with Crippen LogP contribution < -0.4 is 5.73 Å². The first-order chi connectivity index (χ1) is 7.29. The van der Waals surface area contributed by atoms with Gasteiger partial charge in [0, 0.05) is 17.8 Å². The Kier molecular flexibility index (Phi) is 3.76. The number of aromatic nitrogens is 1. The summed E-state index contributed by atoms with van der Waals surface area (Å²) in [7, 11) is 0. The lowest BCUT2D eigenvalue weighted by Gasteiger charge is -2.28. The van der Waals surface area contributed by atoms with Crippen LogP contribution in [0.1, 0.15) is 43.7 Å². The van der Waals surface area contributed by atoms with Gasteiger partial charge >= 0.3 is 0 Å². The van der Waals surface area contributed by atoms with E-state index in [1.54, 1.807) is 6.20 Å². The van der Waals surface area contributed by atoms with Gasteiger partial charge in [-0.2, -0.15) is 0 Å². The number of hydrogen-bond donors (Lipinski definition) is 1. The van der Waals surface area contributed by atoms with Crippen molar-refractivity contribution in [3.05, 3.63) is 28.5 Å². The van der Waals surface area contributed by atoms with Crippen molar-refractivity contribution in [1.29, 1.82) is 0 Å². The maximum Gasteiger partial charge on any atom is 0.110 e. The number of halogens is 1. The molecule has 2 rings (SSSR count). The van der Waals surface area contributed by atoms with E-state index < -0.39 is 0 Å². The van der Waals surface area contributed by atoms with Crippen LogP contribution in [0.3, 0.4) is 0 Å². The zero-order valence-corrected chi connectivity index (χ0v) is 10.4. The van der Waals surface area contributed by atoms with Crippen LogP contribution in [-0.2, 0) is 0 Å². The van der Waals surface area contributed by atoms with Gasteiger partial charge in [-0.05, 0) is 40.8 Å². The highest BCUT2D eigenvalue weighted by atomic mass is 79.9. The predicted molar refractivity (Wildman–Crippen MR) is 65.4 cm³/mol. The second-order valence-electron chi connectivity index (χ2n) is 4.31. The van der Waals surface area contributed by atoms with E-state index in [4.69, 9.17) is 5.73 Å². The fourth-order valence-corrected chi connectivity index (χ4v) is 2.91. The quantitative estimate of drug-likeness (QED) is 0.835. The molecule has 1 atom stereocenters. The van der Waals surface area contributed by atoms with E-state index in [0.717, 1.165) is 10.2 Å². The molecule has 3 heteroatoms. The summed E-state index contributed by atoms with van der Waals surface area (Å²) in [5.74, 6) is 0.638. The second kappa shape index (κ2) is 5.08. The van der Waals surface area contributed by atoms with E-state index >= 15 is 0 Å². The summed E-state index contributed by atoms with van der Waals surface area (Å²) >= 11 is 3.47. The Morgan fingerprint density at radius 2 is 2.07 bits per heavy atom. The lowest BCUT2D eigenvalue weighted by molar-refractivity contribution is 0.307. The summed E-state index contributed by atoms with van der Waals surface area (Å²) in [6, 6.07) is 4.19. The molecule has 0 spiro atoms. The van der Waals surface area contributed by atoms with E-state index in [2.05, 4.69) is 27.0 Å². The zero-order valence-electron chi connectivity index (χ0n) is 8.82. The van der Waals surface area contributed by atoms with Crippen molar-refractivity contribution >= 4 is 15.9 Å². The maximum absolute atomic E-state index is 6.30. The Labute approximate surface area is 99.4 Å². The van der Waals surface area contributed by atoms with Gasteiger partial charge in [0.25, 0.3) is 0 Å². The Morgan fingerprint density at radius 1 is 1.33 bits per heavy atom. The number of nitrogens with zero attached hydrogens (tertiary/aromatic N) is 1. The number of hydrogen-bond acceptors (Lipinski definition) is 2. The molecule has 0 bridgehead atoms. The monoisotopic (exact) mass is 268 g/mol.